The molecule has 6 nitrogen and oxygen atoms in total. The van der Waals surface area contributed by atoms with Crippen molar-refractivity contribution in [2.75, 3.05) is 13.7 Å². The maximum Gasteiger partial charge on any atom is 0.252 e. The number of carbonyl (C=O) groups is 1. The van der Waals surface area contributed by atoms with Crippen molar-refractivity contribution in [1.82, 2.24) is 19.9 Å². The summed E-state index contributed by atoms with van der Waals surface area (Å²) in [7, 11) is 1.63. The van der Waals surface area contributed by atoms with Crippen LogP contribution in [0.25, 0.3) is 17.0 Å². The lowest BCUT2D eigenvalue weighted by Crippen LogP contribution is -2.25. The van der Waals surface area contributed by atoms with Crippen molar-refractivity contribution in [3.63, 3.8) is 0 Å². The summed E-state index contributed by atoms with van der Waals surface area (Å²) < 4.78 is 20.1. The van der Waals surface area contributed by atoms with Crippen molar-refractivity contribution < 1.29 is 13.9 Å². The van der Waals surface area contributed by atoms with Crippen LogP contribution in [0, 0.1) is 5.82 Å². The fourth-order valence-corrected chi connectivity index (χ4v) is 3.04. The zero-order valence-electron chi connectivity index (χ0n) is 15.8. The Hall–Kier alpha value is -3.74. The molecule has 4 rings (SSSR count). The molecule has 2 aromatic heterocycles. The molecule has 0 fully saturated rings. The average molecular weight is 390 g/mol. The van der Waals surface area contributed by atoms with E-state index in [1.165, 1.54) is 12.1 Å². The molecule has 0 spiro atoms. The van der Waals surface area contributed by atoms with E-state index in [9.17, 15) is 9.18 Å². The topological polar surface area (TPSA) is 68.5 Å². The highest BCUT2D eigenvalue weighted by molar-refractivity contribution is 5.94. The monoisotopic (exact) mass is 390 g/mol. The predicted octanol–water partition coefficient (Wildman–Crippen LogP) is 3.52. The molecule has 7 heteroatoms. The van der Waals surface area contributed by atoms with Gasteiger partial charge in [-0.1, -0.05) is 12.1 Å². The molecular weight excluding hydrogens is 371 g/mol. The molecule has 0 saturated carbocycles. The average Bonchev–Trinajstić information content (AvgIpc) is 3.18. The van der Waals surface area contributed by atoms with Crippen molar-refractivity contribution >= 4 is 11.6 Å². The van der Waals surface area contributed by atoms with Crippen LogP contribution < -0.4 is 10.1 Å². The molecule has 0 bridgehead atoms. The number of halogens is 1. The Morgan fingerprint density at radius 2 is 1.79 bits per heavy atom. The van der Waals surface area contributed by atoms with Gasteiger partial charge in [-0.2, -0.15) is 0 Å². The van der Waals surface area contributed by atoms with Crippen LogP contribution in [-0.2, 0) is 6.42 Å². The number of hydrogen-bond acceptors (Lipinski definition) is 4. The number of pyridine rings is 1. The van der Waals surface area contributed by atoms with E-state index in [-0.39, 0.29) is 11.7 Å². The first kappa shape index (κ1) is 18.6. The molecule has 0 unspecified atom stereocenters. The van der Waals surface area contributed by atoms with Crippen LogP contribution in [0.5, 0.6) is 5.75 Å². The summed E-state index contributed by atoms with van der Waals surface area (Å²) in [4.78, 5) is 12.6. The number of nitrogens with one attached hydrogen (secondary N) is 1. The number of carbonyl (C=O) groups excluding carboxylic acids is 1. The van der Waals surface area contributed by atoms with Gasteiger partial charge in [0.05, 0.1) is 12.7 Å². The van der Waals surface area contributed by atoms with Gasteiger partial charge in [0.1, 0.15) is 11.6 Å². The first-order valence-corrected chi connectivity index (χ1v) is 9.16. The van der Waals surface area contributed by atoms with Crippen molar-refractivity contribution in [1.29, 1.82) is 0 Å². The van der Waals surface area contributed by atoms with Gasteiger partial charge >= 0.3 is 0 Å². The Bertz CT molecular complexity index is 1140. The maximum atomic E-state index is 13.2. The molecule has 146 valence electrons. The number of hydrogen-bond donors (Lipinski definition) is 1. The van der Waals surface area contributed by atoms with E-state index >= 15 is 0 Å². The summed E-state index contributed by atoms with van der Waals surface area (Å²) >= 11 is 0. The maximum absolute atomic E-state index is 13.2. The van der Waals surface area contributed by atoms with Crippen molar-refractivity contribution in [3.8, 4) is 17.1 Å². The molecule has 0 aliphatic rings. The van der Waals surface area contributed by atoms with Crippen LogP contribution in [0.2, 0.25) is 0 Å². The zero-order valence-corrected chi connectivity index (χ0v) is 15.8. The minimum absolute atomic E-state index is 0.181. The molecule has 0 radical (unpaired) electrons. The van der Waals surface area contributed by atoms with Gasteiger partial charge in [0.2, 0.25) is 0 Å². The molecular formula is C22H19FN4O2. The van der Waals surface area contributed by atoms with Gasteiger partial charge in [0, 0.05) is 18.3 Å². The fraction of sp³-hybridized carbons (Fsp3) is 0.136. The Morgan fingerprint density at radius 3 is 2.52 bits per heavy atom. The number of benzene rings is 2. The number of ether oxygens (including phenoxy) is 1. The zero-order chi connectivity index (χ0) is 20.2. The summed E-state index contributed by atoms with van der Waals surface area (Å²) in [6.07, 6.45) is 2.40. The molecule has 1 N–H and O–H groups in total. The quantitative estimate of drug-likeness (QED) is 0.547. The Labute approximate surface area is 167 Å². The van der Waals surface area contributed by atoms with E-state index in [0.29, 0.717) is 30.0 Å². The molecule has 0 aliphatic carbocycles. The Morgan fingerprint density at radius 1 is 1.03 bits per heavy atom. The minimum Gasteiger partial charge on any atom is -0.497 e. The smallest absolute Gasteiger partial charge is 0.252 e. The lowest BCUT2D eigenvalue weighted by molar-refractivity contribution is 0.0953. The summed E-state index contributed by atoms with van der Waals surface area (Å²) in [5, 5.41) is 11.2. The van der Waals surface area contributed by atoms with Gasteiger partial charge in [-0.25, -0.2) is 4.39 Å². The van der Waals surface area contributed by atoms with Gasteiger partial charge in [-0.3, -0.25) is 9.20 Å². The van der Waals surface area contributed by atoms with Crippen molar-refractivity contribution in [2.24, 2.45) is 0 Å². The Kier molecular flexibility index (Phi) is 5.20. The number of amides is 1. The molecule has 1 amide bonds. The van der Waals surface area contributed by atoms with Gasteiger partial charge in [0.25, 0.3) is 5.91 Å². The third kappa shape index (κ3) is 4.08. The van der Waals surface area contributed by atoms with Gasteiger partial charge in [-0.15, -0.1) is 10.2 Å². The lowest BCUT2D eigenvalue weighted by atomic mass is 10.1. The summed E-state index contributed by atoms with van der Waals surface area (Å²) in [5.74, 6) is 0.850. The van der Waals surface area contributed by atoms with Crippen LogP contribution in [0.4, 0.5) is 4.39 Å². The Balaban J connectivity index is 1.47. The largest absolute Gasteiger partial charge is 0.497 e. The summed E-state index contributed by atoms with van der Waals surface area (Å²) in [6, 6.07) is 17.2. The highest BCUT2D eigenvalue weighted by Gasteiger charge is 2.12. The number of aromatic nitrogens is 3. The van der Waals surface area contributed by atoms with Gasteiger partial charge in [-0.05, 0) is 60.5 Å². The second-order valence-corrected chi connectivity index (χ2v) is 6.53. The number of nitrogens with zero attached hydrogens (tertiary/aromatic N) is 3. The highest BCUT2D eigenvalue weighted by atomic mass is 19.1. The van der Waals surface area contributed by atoms with Crippen LogP contribution in [0.3, 0.4) is 0 Å². The normalized spacial score (nSPS) is 10.8. The molecule has 29 heavy (non-hydrogen) atoms. The van der Waals surface area contributed by atoms with Crippen LogP contribution >= 0.6 is 0 Å². The molecule has 0 saturated heterocycles. The van der Waals surface area contributed by atoms with Crippen LogP contribution in [0.15, 0.2) is 66.9 Å². The van der Waals surface area contributed by atoms with Crippen molar-refractivity contribution in [2.45, 2.75) is 6.42 Å². The van der Waals surface area contributed by atoms with E-state index in [1.807, 2.05) is 24.3 Å². The lowest BCUT2D eigenvalue weighted by Gasteiger charge is -2.07. The first-order valence-electron chi connectivity index (χ1n) is 9.16. The molecule has 2 heterocycles. The molecule has 4 aromatic rings. The first-order chi connectivity index (χ1) is 14.1. The highest BCUT2D eigenvalue weighted by Crippen LogP contribution is 2.19. The second kappa shape index (κ2) is 8.10. The van der Waals surface area contributed by atoms with Gasteiger partial charge < -0.3 is 10.1 Å². The van der Waals surface area contributed by atoms with E-state index in [2.05, 4.69) is 15.5 Å². The van der Waals surface area contributed by atoms with E-state index in [0.717, 1.165) is 16.9 Å². The van der Waals surface area contributed by atoms with Crippen molar-refractivity contribution in [3.05, 3.63) is 83.8 Å². The SMILES string of the molecule is COc1ccc(CCNC(=O)c2ccc3nnc(-c4ccc(F)cc4)n3c2)cc1. The second-order valence-electron chi connectivity index (χ2n) is 6.53. The number of methoxy groups -OCH3 is 1. The molecule has 2 aromatic carbocycles. The van der Waals surface area contributed by atoms with E-state index < -0.39 is 0 Å². The third-order valence-corrected chi connectivity index (χ3v) is 4.63. The fourth-order valence-electron chi connectivity index (χ4n) is 3.04. The van der Waals surface area contributed by atoms with Crippen LogP contribution in [-0.4, -0.2) is 34.2 Å². The molecule has 0 atom stereocenters. The third-order valence-electron chi connectivity index (χ3n) is 4.63. The van der Waals surface area contributed by atoms with Gasteiger partial charge in [0.15, 0.2) is 11.5 Å². The number of fused-ring (bicyclic) bond motifs is 1. The number of rotatable bonds is 6. The molecule has 0 aliphatic heterocycles. The minimum atomic E-state index is -0.320. The van der Waals surface area contributed by atoms with E-state index in [1.54, 1.807) is 42.0 Å². The van der Waals surface area contributed by atoms with Crippen LogP contribution in [0.1, 0.15) is 15.9 Å². The predicted molar refractivity (Wildman–Crippen MR) is 107 cm³/mol. The summed E-state index contributed by atoms with van der Waals surface area (Å²) in [5.41, 5.74) is 2.93. The van der Waals surface area contributed by atoms with E-state index in [4.69, 9.17) is 4.74 Å². The summed E-state index contributed by atoms with van der Waals surface area (Å²) in [6.45, 7) is 0.510. The standard InChI is InChI=1S/C22H19FN4O2/c1-29-19-9-2-15(3-10-19)12-13-24-22(28)17-6-11-20-25-26-21(27(20)14-17)16-4-7-18(23)8-5-16/h2-11,14H,12-13H2,1H3,(H,24,28).